The van der Waals surface area contributed by atoms with Crippen molar-refractivity contribution in [1.29, 1.82) is 0 Å². The number of nitro groups is 1. The lowest BCUT2D eigenvalue weighted by atomic mass is 9.93. The predicted molar refractivity (Wildman–Crippen MR) is 96.2 cm³/mol. The fourth-order valence-corrected chi connectivity index (χ4v) is 3.02. The van der Waals surface area contributed by atoms with Gasteiger partial charge in [0.05, 0.1) is 18.0 Å². The molecule has 2 aromatic rings. The third-order valence-electron chi connectivity index (χ3n) is 4.29. The van der Waals surface area contributed by atoms with Crippen molar-refractivity contribution in [3.63, 3.8) is 0 Å². The highest BCUT2D eigenvalue weighted by Crippen LogP contribution is 2.37. The Morgan fingerprint density at radius 3 is 2.73 bits per heavy atom. The molecule has 2 aliphatic rings. The second-order valence-electron chi connectivity index (χ2n) is 6.35. The molecular weight excluding hydrogens is 332 g/mol. The van der Waals surface area contributed by atoms with E-state index in [2.05, 4.69) is 22.3 Å². The summed E-state index contributed by atoms with van der Waals surface area (Å²) in [4.78, 5) is 22.7. The Bertz CT molecular complexity index is 954. The van der Waals surface area contributed by atoms with Crippen molar-refractivity contribution < 1.29 is 9.76 Å². The van der Waals surface area contributed by atoms with Gasteiger partial charge in [-0.1, -0.05) is 24.1 Å². The second-order valence-corrected chi connectivity index (χ2v) is 6.35. The third kappa shape index (κ3) is 2.98. The first-order valence-corrected chi connectivity index (χ1v) is 8.16. The summed E-state index contributed by atoms with van der Waals surface area (Å²) in [6, 6.07) is 12.8. The van der Waals surface area contributed by atoms with Crippen molar-refractivity contribution in [1.82, 2.24) is 10.5 Å². The molecule has 0 amide bonds. The maximum absolute atomic E-state index is 11.2. The van der Waals surface area contributed by atoms with Crippen LogP contribution in [0.1, 0.15) is 11.3 Å². The number of anilines is 1. The lowest BCUT2D eigenvalue weighted by Gasteiger charge is -2.45. The van der Waals surface area contributed by atoms with Crippen molar-refractivity contribution in [2.75, 3.05) is 18.0 Å². The number of nitrogens with one attached hydrogen (secondary N) is 1. The van der Waals surface area contributed by atoms with E-state index in [-0.39, 0.29) is 5.69 Å². The molecule has 0 saturated carbocycles. The summed E-state index contributed by atoms with van der Waals surface area (Å²) in [6.07, 6.45) is 1.93. The van der Waals surface area contributed by atoms with Gasteiger partial charge in [0.15, 0.2) is 5.60 Å². The highest BCUT2D eigenvalue weighted by molar-refractivity contribution is 5.61. The minimum atomic E-state index is -0.528. The minimum Gasteiger partial charge on any atom is -0.344 e. The lowest BCUT2D eigenvalue weighted by molar-refractivity contribution is -0.384. The first-order valence-electron chi connectivity index (χ1n) is 8.16. The Hall–Kier alpha value is -3.37. The average Bonchev–Trinajstić information content (AvgIpc) is 3.04. The molecule has 130 valence electrons. The standard InChI is InChI=1S/C19H16N4O3/c1-14-7-10-17(23(24)25)18(20-14)22-12-19(13-22)11-16(21-26-19)9-8-15-5-3-2-4-6-15/h2-7,10-11,21H,12-13H2,1H3. The van der Waals surface area contributed by atoms with Crippen LogP contribution >= 0.6 is 0 Å². The van der Waals surface area contributed by atoms with E-state index in [9.17, 15) is 10.1 Å². The van der Waals surface area contributed by atoms with Gasteiger partial charge in [0.2, 0.25) is 5.82 Å². The summed E-state index contributed by atoms with van der Waals surface area (Å²) in [7, 11) is 0. The minimum absolute atomic E-state index is 0.00415. The van der Waals surface area contributed by atoms with E-state index in [0.29, 0.717) is 24.6 Å². The van der Waals surface area contributed by atoms with E-state index in [4.69, 9.17) is 4.84 Å². The molecule has 3 heterocycles. The molecule has 7 nitrogen and oxygen atoms in total. The monoisotopic (exact) mass is 348 g/mol. The van der Waals surface area contributed by atoms with Crippen molar-refractivity contribution in [3.05, 3.63) is 75.6 Å². The summed E-state index contributed by atoms with van der Waals surface area (Å²) in [5, 5.41) is 11.2. The Morgan fingerprint density at radius 1 is 1.23 bits per heavy atom. The zero-order valence-corrected chi connectivity index (χ0v) is 14.1. The number of aromatic nitrogens is 1. The zero-order valence-electron chi connectivity index (χ0n) is 14.1. The van der Waals surface area contributed by atoms with Gasteiger partial charge in [0.1, 0.15) is 5.70 Å². The van der Waals surface area contributed by atoms with E-state index < -0.39 is 10.5 Å². The van der Waals surface area contributed by atoms with Crippen LogP contribution in [0.4, 0.5) is 11.5 Å². The Labute approximate surface area is 150 Å². The number of hydroxylamine groups is 1. The van der Waals surface area contributed by atoms with Crippen LogP contribution in [0.2, 0.25) is 0 Å². The molecule has 1 N–H and O–H groups in total. The van der Waals surface area contributed by atoms with Gasteiger partial charge in [-0.15, -0.1) is 0 Å². The second kappa shape index (κ2) is 6.17. The van der Waals surface area contributed by atoms with E-state index in [1.165, 1.54) is 6.07 Å². The Morgan fingerprint density at radius 2 is 2.00 bits per heavy atom. The van der Waals surface area contributed by atoms with Gasteiger partial charge in [-0.25, -0.2) is 4.98 Å². The van der Waals surface area contributed by atoms with Crippen LogP contribution in [0, 0.1) is 28.9 Å². The maximum atomic E-state index is 11.2. The number of nitrogens with zero attached hydrogens (tertiary/aromatic N) is 3. The smallest absolute Gasteiger partial charge is 0.311 e. The highest BCUT2D eigenvalue weighted by Gasteiger charge is 2.48. The van der Waals surface area contributed by atoms with Gasteiger partial charge in [0, 0.05) is 17.3 Å². The molecule has 0 aliphatic carbocycles. The van der Waals surface area contributed by atoms with Crippen molar-refractivity contribution in [2.24, 2.45) is 0 Å². The molecular formula is C19H16N4O3. The third-order valence-corrected chi connectivity index (χ3v) is 4.29. The number of pyridine rings is 1. The molecule has 0 radical (unpaired) electrons. The number of rotatable bonds is 2. The largest absolute Gasteiger partial charge is 0.344 e. The molecule has 1 spiro atoms. The Balaban J connectivity index is 1.50. The number of benzene rings is 1. The summed E-state index contributed by atoms with van der Waals surface area (Å²) < 4.78 is 0. The fourth-order valence-electron chi connectivity index (χ4n) is 3.02. The summed E-state index contributed by atoms with van der Waals surface area (Å²) >= 11 is 0. The number of aryl methyl sites for hydroxylation is 1. The van der Waals surface area contributed by atoms with Crippen LogP contribution in [0.3, 0.4) is 0 Å². The van der Waals surface area contributed by atoms with Gasteiger partial charge in [-0.3, -0.25) is 20.4 Å². The van der Waals surface area contributed by atoms with Crippen molar-refractivity contribution >= 4 is 11.5 Å². The van der Waals surface area contributed by atoms with E-state index in [0.717, 1.165) is 11.3 Å². The number of hydrogen-bond acceptors (Lipinski definition) is 6. The fraction of sp³-hybridized carbons (Fsp3) is 0.211. The summed E-state index contributed by atoms with van der Waals surface area (Å²) in [6.45, 7) is 2.77. The molecule has 0 unspecified atom stereocenters. The normalized spacial score (nSPS) is 17.0. The Kier molecular flexibility index (Phi) is 3.82. The van der Waals surface area contributed by atoms with Crippen LogP contribution in [-0.2, 0) is 4.84 Å². The van der Waals surface area contributed by atoms with Gasteiger partial charge in [0.25, 0.3) is 0 Å². The summed E-state index contributed by atoms with van der Waals surface area (Å²) in [5.41, 5.74) is 4.68. The van der Waals surface area contributed by atoms with Crippen molar-refractivity contribution in [3.8, 4) is 11.8 Å². The number of hydrogen-bond donors (Lipinski definition) is 1. The predicted octanol–water partition coefficient (Wildman–Crippen LogP) is 2.33. The van der Waals surface area contributed by atoms with Crippen LogP contribution < -0.4 is 10.4 Å². The van der Waals surface area contributed by atoms with Crippen molar-refractivity contribution in [2.45, 2.75) is 12.5 Å². The van der Waals surface area contributed by atoms with E-state index in [1.54, 1.807) is 6.07 Å². The quantitative estimate of drug-likeness (QED) is 0.510. The SMILES string of the molecule is Cc1ccc([N+](=O)[O-])c(N2CC3(C=C(C#Cc4ccccc4)NO3)C2)n1. The lowest BCUT2D eigenvalue weighted by Crippen LogP contribution is -2.62. The van der Waals surface area contributed by atoms with Gasteiger partial charge < -0.3 is 4.90 Å². The van der Waals surface area contributed by atoms with Crippen LogP contribution in [0.25, 0.3) is 0 Å². The molecule has 1 fully saturated rings. The molecule has 4 rings (SSSR count). The molecule has 26 heavy (non-hydrogen) atoms. The number of allylic oxidation sites excluding steroid dienone is 1. The van der Waals surface area contributed by atoms with Crippen LogP contribution in [0.15, 0.2) is 54.2 Å². The summed E-state index contributed by atoms with van der Waals surface area (Å²) in [5.74, 6) is 6.49. The van der Waals surface area contributed by atoms with Gasteiger partial charge >= 0.3 is 5.69 Å². The molecule has 1 saturated heterocycles. The molecule has 2 aliphatic heterocycles. The first-order chi connectivity index (χ1) is 12.5. The maximum Gasteiger partial charge on any atom is 0.311 e. The van der Waals surface area contributed by atoms with Gasteiger partial charge in [-0.2, -0.15) is 0 Å². The molecule has 1 aromatic heterocycles. The van der Waals surface area contributed by atoms with E-state index in [1.807, 2.05) is 48.2 Å². The average molecular weight is 348 g/mol. The van der Waals surface area contributed by atoms with Crippen LogP contribution in [-0.4, -0.2) is 28.6 Å². The zero-order chi connectivity index (χ0) is 18.1. The molecule has 1 aromatic carbocycles. The molecule has 0 bridgehead atoms. The topological polar surface area (TPSA) is 80.5 Å². The molecule has 0 atom stereocenters. The van der Waals surface area contributed by atoms with Crippen LogP contribution in [0.5, 0.6) is 0 Å². The van der Waals surface area contributed by atoms with E-state index >= 15 is 0 Å². The van der Waals surface area contributed by atoms with Gasteiger partial charge in [-0.05, 0) is 37.1 Å². The first kappa shape index (κ1) is 16.1. The highest BCUT2D eigenvalue weighted by atomic mass is 16.7. The molecule has 7 heteroatoms.